The smallest absolute Gasteiger partial charge is 0.408 e. The Bertz CT molecular complexity index is 251. The maximum Gasteiger partial charge on any atom is 0.408 e. The molecule has 0 spiro atoms. The van der Waals surface area contributed by atoms with Crippen LogP contribution in [0.1, 0.15) is 33.6 Å². The second-order valence-electron chi connectivity index (χ2n) is 5.40. The van der Waals surface area contributed by atoms with Crippen LogP contribution in [0.5, 0.6) is 0 Å². The number of hydrogen-bond acceptors (Lipinski definition) is 4. The van der Waals surface area contributed by atoms with Crippen molar-refractivity contribution >= 4 is 17.9 Å². The molecule has 16 heavy (non-hydrogen) atoms. The highest BCUT2D eigenvalue weighted by Crippen LogP contribution is 2.35. The number of aliphatic hydroxyl groups is 1. The lowest BCUT2D eigenvalue weighted by molar-refractivity contribution is -0.000203. The third-order valence-corrected chi connectivity index (χ3v) is 3.28. The first-order chi connectivity index (χ1) is 7.26. The summed E-state index contributed by atoms with van der Waals surface area (Å²) in [6.07, 6.45) is 2.54. The molecule has 0 aliphatic heterocycles. The van der Waals surface area contributed by atoms with Crippen LogP contribution in [0.15, 0.2) is 0 Å². The minimum absolute atomic E-state index is 0.277. The maximum absolute atomic E-state index is 11.6. The molecule has 1 amide bonds. The number of carbonyl (C=O) groups excluding carboxylic acids is 1. The van der Waals surface area contributed by atoms with E-state index in [1.54, 1.807) is 11.8 Å². The number of rotatable bonds is 3. The van der Waals surface area contributed by atoms with Gasteiger partial charge in [0.15, 0.2) is 0 Å². The van der Waals surface area contributed by atoms with E-state index in [0.29, 0.717) is 12.8 Å². The highest BCUT2D eigenvalue weighted by molar-refractivity contribution is 7.98. The average Bonchev–Trinajstić information content (AvgIpc) is 1.97. The fourth-order valence-corrected chi connectivity index (χ4v) is 2.76. The Morgan fingerprint density at radius 3 is 2.50 bits per heavy atom. The number of nitrogens with one attached hydrogen (secondary N) is 1. The Hall–Kier alpha value is -0.420. The zero-order valence-corrected chi connectivity index (χ0v) is 11.2. The lowest BCUT2D eigenvalue weighted by Crippen LogP contribution is -2.61. The number of ether oxygens (including phenoxy) is 1. The van der Waals surface area contributed by atoms with Crippen LogP contribution in [0.3, 0.4) is 0 Å². The van der Waals surface area contributed by atoms with Crippen LogP contribution in [0.25, 0.3) is 0 Å². The van der Waals surface area contributed by atoms with E-state index in [1.165, 1.54) is 0 Å². The van der Waals surface area contributed by atoms with Gasteiger partial charge >= 0.3 is 6.09 Å². The predicted molar refractivity (Wildman–Crippen MR) is 65.7 cm³/mol. The Labute approximate surface area is 101 Å². The third kappa shape index (κ3) is 3.87. The van der Waals surface area contributed by atoms with Gasteiger partial charge in [0, 0.05) is 5.75 Å². The van der Waals surface area contributed by atoms with Crippen LogP contribution < -0.4 is 5.32 Å². The van der Waals surface area contributed by atoms with Crippen molar-refractivity contribution in [1.82, 2.24) is 5.32 Å². The van der Waals surface area contributed by atoms with Gasteiger partial charge in [0.25, 0.3) is 0 Å². The van der Waals surface area contributed by atoms with Gasteiger partial charge in [-0.1, -0.05) is 0 Å². The van der Waals surface area contributed by atoms with Crippen molar-refractivity contribution in [2.24, 2.45) is 0 Å². The van der Waals surface area contributed by atoms with Gasteiger partial charge in [0.05, 0.1) is 11.6 Å². The summed E-state index contributed by atoms with van der Waals surface area (Å²) >= 11 is 1.67. The third-order valence-electron chi connectivity index (χ3n) is 2.44. The molecule has 0 heterocycles. The van der Waals surface area contributed by atoms with Crippen LogP contribution in [0.2, 0.25) is 0 Å². The van der Waals surface area contributed by atoms with E-state index in [1.807, 2.05) is 27.0 Å². The van der Waals surface area contributed by atoms with Crippen LogP contribution in [-0.2, 0) is 4.74 Å². The molecule has 5 heteroatoms. The zero-order valence-electron chi connectivity index (χ0n) is 10.4. The second kappa shape index (κ2) is 4.84. The van der Waals surface area contributed by atoms with E-state index < -0.39 is 11.7 Å². The van der Waals surface area contributed by atoms with E-state index in [2.05, 4.69) is 5.32 Å². The molecule has 0 aromatic carbocycles. The molecule has 0 radical (unpaired) electrons. The summed E-state index contributed by atoms with van der Waals surface area (Å²) in [4.78, 5) is 11.6. The van der Waals surface area contributed by atoms with Gasteiger partial charge < -0.3 is 15.2 Å². The van der Waals surface area contributed by atoms with Crippen LogP contribution in [0, 0.1) is 0 Å². The first-order valence-electron chi connectivity index (χ1n) is 5.44. The summed E-state index contributed by atoms with van der Waals surface area (Å²) < 4.78 is 5.21. The van der Waals surface area contributed by atoms with Crippen LogP contribution in [0.4, 0.5) is 4.79 Å². The lowest BCUT2D eigenvalue weighted by Gasteiger charge is -2.45. The van der Waals surface area contributed by atoms with Gasteiger partial charge in [-0.05, 0) is 39.9 Å². The highest BCUT2D eigenvalue weighted by atomic mass is 32.2. The molecule has 1 fully saturated rings. The van der Waals surface area contributed by atoms with Crippen molar-refractivity contribution in [1.29, 1.82) is 0 Å². The predicted octanol–water partition coefficient (Wildman–Crippen LogP) is 1.77. The lowest BCUT2D eigenvalue weighted by atomic mass is 9.76. The van der Waals surface area contributed by atoms with Gasteiger partial charge in [-0.15, -0.1) is 0 Å². The molecule has 1 rings (SSSR count). The largest absolute Gasteiger partial charge is 0.444 e. The standard InChI is InChI=1S/C11H21NO3S/c1-10(2,3)15-9(14)12-11(7-16-4)5-8(13)6-11/h8,13H,5-7H2,1-4H3,(H,12,14). The van der Waals surface area contributed by atoms with E-state index in [9.17, 15) is 9.90 Å². The van der Waals surface area contributed by atoms with Crippen molar-refractivity contribution < 1.29 is 14.6 Å². The molecule has 0 aromatic heterocycles. The van der Waals surface area contributed by atoms with Crippen molar-refractivity contribution in [2.75, 3.05) is 12.0 Å². The van der Waals surface area contributed by atoms with Gasteiger partial charge in [0.1, 0.15) is 5.60 Å². The SMILES string of the molecule is CSCC1(NC(=O)OC(C)(C)C)CC(O)C1. The molecule has 1 saturated carbocycles. The summed E-state index contributed by atoms with van der Waals surface area (Å²) in [6.45, 7) is 5.51. The summed E-state index contributed by atoms with van der Waals surface area (Å²) in [6, 6.07) is 0. The molecule has 94 valence electrons. The molecule has 0 unspecified atom stereocenters. The summed E-state index contributed by atoms with van der Waals surface area (Å²) in [5, 5.41) is 12.2. The fourth-order valence-electron chi connectivity index (χ4n) is 1.89. The number of aliphatic hydroxyl groups excluding tert-OH is 1. The van der Waals surface area contributed by atoms with Crippen LogP contribution in [-0.4, -0.2) is 40.5 Å². The van der Waals surface area contributed by atoms with Gasteiger partial charge in [-0.25, -0.2) is 4.79 Å². The molecule has 0 aromatic rings. The Balaban J connectivity index is 2.47. The number of hydrogen-bond donors (Lipinski definition) is 2. The Morgan fingerprint density at radius 1 is 1.56 bits per heavy atom. The molecule has 1 aliphatic carbocycles. The normalized spacial score (nSPS) is 29.4. The zero-order chi connectivity index (χ0) is 12.4. The quantitative estimate of drug-likeness (QED) is 0.798. The van der Waals surface area contributed by atoms with Crippen molar-refractivity contribution in [2.45, 2.75) is 50.9 Å². The average molecular weight is 247 g/mol. The molecule has 2 N–H and O–H groups in total. The first kappa shape index (κ1) is 13.6. The number of carbonyl (C=O) groups is 1. The number of alkyl carbamates (subject to hydrolysis) is 1. The summed E-state index contributed by atoms with van der Waals surface area (Å²) in [5.41, 5.74) is -0.756. The molecule has 1 aliphatic rings. The van der Waals surface area contributed by atoms with Crippen molar-refractivity contribution in [3.05, 3.63) is 0 Å². The monoisotopic (exact) mass is 247 g/mol. The fraction of sp³-hybridized carbons (Fsp3) is 0.909. The van der Waals surface area contributed by atoms with E-state index in [4.69, 9.17) is 4.74 Å². The number of amides is 1. The molecule has 0 bridgehead atoms. The van der Waals surface area contributed by atoms with Gasteiger partial charge in [-0.2, -0.15) is 11.8 Å². The summed E-state index contributed by atoms with van der Waals surface area (Å²) in [7, 11) is 0. The molecular weight excluding hydrogens is 226 g/mol. The molecule has 0 atom stereocenters. The molecule has 0 saturated heterocycles. The second-order valence-corrected chi connectivity index (χ2v) is 6.27. The molecule has 4 nitrogen and oxygen atoms in total. The van der Waals surface area contributed by atoms with Gasteiger partial charge in [-0.3, -0.25) is 0 Å². The first-order valence-corrected chi connectivity index (χ1v) is 6.84. The topological polar surface area (TPSA) is 58.6 Å². The van der Waals surface area contributed by atoms with Crippen molar-refractivity contribution in [3.63, 3.8) is 0 Å². The minimum Gasteiger partial charge on any atom is -0.444 e. The van der Waals surface area contributed by atoms with E-state index in [0.717, 1.165) is 5.75 Å². The maximum atomic E-state index is 11.6. The van der Waals surface area contributed by atoms with Gasteiger partial charge in [0.2, 0.25) is 0 Å². The van der Waals surface area contributed by atoms with Crippen LogP contribution >= 0.6 is 11.8 Å². The number of thioether (sulfide) groups is 1. The molecular formula is C11H21NO3S. The summed E-state index contributed by atoms with van der Waals surface area (Å²) in [5.74, 6) is 0.809. The van der Waals surface area contributed by atoms with E-state index in [-0.39, 0.29) is 11.6 Å². The highest BCUT2D eigenvalue weighted by Gasteiger charge is 2.45. The Kier molecular flexibility index (Phi) is 4.12. The van der Waals surface area contributed by atoms with E-state index >= 15 is 0 Å². The Morgan fingerprint density at radius 2 is 2.12 bits per heavy atom. The minimum atomic E-state index is -0.479. The van der Waals surface area contributed by atoms with Crippen molar-refractivity contribution in [3.8, 4) is 0 Å².